The first-order valence-electron chi connectivity index (χ1n) is 8.06. The van der Waals surface area contributed by atoms with Gasteiger partial charge in [0.05, 0.1) is 0 Å². The van der Waals surface area contributed by atoms with E-state index in [1.54, 1.807) is 6.07 Å². The summed E-state index contributed by atoms with van der Waals surface area (Å²) in [7, 11) is 0. The molecule has 130 valence electrons. The molecule has 2 heterocycles. The standard InChI is InChI=1S/C18H21N5OS/c1-11-10-25-16(21-11)14-8-13(22-17(19)23-14)15(24)20-9-12-6-4-5-7-18(12,2)3/h4-6,8,10H,7,9H2,1-3H3,(H,20,24)(H2,19,22,23). The fraction of sp³-hybridized carbons (Fsp3) is 0.333. The Morgan fingerprint density at radius 2 is 2.16 bits per heavy atom. The van der Waals surface area contributed by atoms with E-state index >= 15 is 0 Å². The first-order chi connectivity index (χ1) is 11.8. The molecule has 0 saturated heterocycles. The molecular formula is C18H21N5OS. The number of nitrogens with zero attached hydrogens (tertiary/aromatic N) is 3. The molecule has 2 aromatic heterocycles. The fourth-order valence-electron chi connectivity index (χ4n) is 2.63. The molecule has 0 aliphatic heterocycles. The van der Waals surface area contributed by atoms with E-state index in [-0.39, 0.29) is 23.0 Å². The van der Waals surface area contributed by atoms with Gasteiger partial charge in [0.25, 0.3) is 5.91 Å². The van der Waals surface area contributed by atoms with Crippen molar-refractivity contribution in [1.29, 1.82) is 0 Å². The third-order valence-electron chi connectivity index (χ3n) is 4.18. The van der Waals surface area contributed by atoms with Crippen molar-refractivity contribution < 1.29 is 4.79 Å². The van der Waals surface area contributed by atoms with E-state index in [1.165, 1.54) is 16.9 Å². The first-order valence-corrected chi connectivity index (χ1v) is 8.94. The number of amides is 1. The highest BCUT2D eigenvalue weighted by atomic mass is 32.1. The average Bonchev–Trinajstić information content (AvgIpc) is 2.99. The number of hydrogen-bond acceptors (Lipinski definition) is 6. The molecule has 0 bridgehead atoms. The molecule has 0 fully saturated rings. The molecule has 0 unspecified atom stereocenters. The monoisotopic (exact) mass is 355 g/mol. The quantitative estimate of drug-likeness (QED) is 0.879. The minimum absolute atomic E-state index is 0.0380. The molecule has 6 nitrogen and oxygen atoms in total. The van der Waals surface area contributed by atoms with E-state index < -0.39 is 0 Å². The molecular weight excluding hydrogens is 334 g/mol. The minimum Gasteiger partial charge on any atom is -0.368 e. The van der Waals surface area contributed by atoms with Gasteiger partial charge in [-0.05, 0) is 30.4 Å². The van der Waals surface area contributed by atoms with Gasteiger partial charge >= 0.3 is 0 Å². The minimum atomic E-state index is -0.269. The third-order valence-corrected chi connectivity index (χ3v) is 5.17. The van der Waals surface area contributed by atoms with Crippen LogP contribution in [-0.2, 0) is 0 Å². The Labute approximate surface area is 150 Å². The molecule has 25 heavy (non-hydrogen) atoms. The Balaban J connectivity index is 1.77. The van der Waals surface area contributed by atoms with E-state index in [9.17, 15) is 4.79 Å². The molecule has 1 aliphatic carbocycles. The van der Waals surface area contributed by atoms with E-state index in [2.05, 4.69) is 46.3 Å². The number of thiazole rings is 1. The van der Waals surface area contributed by atoms with Crippen molar-refractivity contribution in [2.75, 3.05) is 12.3 Å². The van der Waals surface area contributed by atoms with Gasteiger partial charge in [-0.25, -0.2) is 15.0 Å². The number of hydrogen-bond donors (Lipinski definition) is 2. The lowest BCUT2D eigenvalue weighted by Crippen LogP contribution is -2.31. The van der Waals surface area contributed by atoms with Crippen LogP contribution in [0.4, 0.5) is 5.95 Å². The maximum absolute atomic E-state index is 12.5. The number of rotatable bonds is 4. The largest absolute Gasteiger partial charge is 0.368 e. The lowest BCUT2D eigenvalue weighted by molar-refractivity contribution is 0.0950. The zero-order valence-electron chi connectivity index (χ0n) is 14.5. The van der Waals surface area contributed by atoms with Crippen molar-refractivity contribution in [3.05, 3.63) is 46.6 Å². The Morgan fingerprint density at radius 3 is 2.84 bits per heavy atom. The van der Waals surface area contributed by atoms with Crippen molar-refractivity contribution in [3.63, 3.8) is 0 Å². The van der Waals surface area contributed by atoms with Crippen LogP contribution in [0.15, 0.2) is 35.2 Å². The Kier molecular flexibility index (Phi) is 4.67. The number of allylic oxidation sites excluding steroid dienone is 3. The van der Waals surface area contributed by atoms with Crippen LogP contribution in [0.3, 0.4) is 0 Å². The van der Waals surface area contributed by atoms with Crippen molar-refractivity contribution in [1.82, 2.24) is 20.3 Å². The van der Waals surface area contributed by atoms with Gasteiger partial charge in [0.15, 0.2) is 0 Å². The van der Waals surface area contributed by atoms with Crippen molar-refractivity contribution >= 4 is 23.2 Å². The predicted molar refractivity (Wildman–Crippen MR) is 100 cm³/mol. The molecule has 1 amide bonds. The van der Waals surface area contributed by atoms with E-state index in [0.29, 0.717) is 12.2 Å². The first kappa shape index (κ1) is 17.3. The molecule has 2 aromatic rings. The maximum Gasteiger partial charge on any atom is 0.270 e. The lowest BCUT2D eigenvalue weighted by Gasteiger charge is -2.29. The molecule has 0 saturated carbocycles. The summed E-state index contributed by atoms with van der Waals surface area (Å²) in [5.41, 5.74) is 8.72. The lowest BCUT2D eigenvalue weighted by atomic mass is 9.78. The number of nitrogens with two attached hydrogens (primary N) is 1. The Hall–Kier alpha value is -2.54. The SMILES string of the molecule is Cc1csc(-c2cc(C(=O)NCC3=CC=CCC3(C)C)nc(N)n2)n1. The highest BCUT2D eigenvalue weighted by Gasteiger charge is 2.24. The number of carbonyl (C=O) groups is 1. The van der Waals surface area contributed by atoms with Crippen LogP contribution >= 0.6 is 11.3 Å². The highest BCUT2D eigenvalue weighted by molar-refractivity contribution is 7.13. The number of nitrogen functional groups attached to an aromatic ring is 1. The molecule has 7 heteroatoms. The molecule has 0 radical (unpaired) electrons. The smallest absolute Gasteiger partial charge is 0.270 e. The fourth-order valence-corrected chi connectivity index (χ4v) is 3.39. The summed E-state index contributed by atoms with van der Waals surface area (Å²) in [5, 5.41) is 5.58. The Morgan fingerprint density at radius 1 is 1.36 bits per heavy atom. The van der Waals surface area contributed by atoms with Gasteiger partial charge in [-0.15, -0.1) is 11.3 Å². The van der Waals surface area contributed by atoms with Crippen LogP contribution in [0.5, 0.6) is 0 Å². The van der Waals surface area contributed by atoms with E-state index in [4.69, 9.17) is 5.73 Å². The van der Waals surface area contributed by atoms with Gasteiger partial charge in [0.2, 0.25) is 5.95 Å². The van der Waals surface area contributed by atoms with Crippen LogP contribution < -0.4 is 11.1 Å². The number of anilines is 1. The predicted octanol–water partition coefficient (Wildman–Crippen LogP) is 3.13. The van der Waals surface area contributed by atoms with Crippen molar-refractivity contribution in [3.8, 4) is 10.7 Å². The van der Waals surface area contributed by atoms with Crippen LogP contribution in [0, 0.1) is 12.3 Å². The summed E-state index contributed by atoms with van der Waals surface area (Å²) in [4.78, 5) is 25.2. The number of nitrogens with one attached hydrogen (secondary N) is 1. The number of aromatic nitrogens is 3. The summed E-state index contributed by atoms with van der Waals surface area (Å²) in [6.07, 6.45) is 7.18. The van der Waals surface area contributed by atoms with Gasteiger partial charge in [-0.2, -0.15) is 0 Å². The molecule has 3 N–H and O–H groups in total. The summed E-state index contributed by atoms with van der Waals surface area (Å²) >= 11 is 1.46. The third kappa shape index (κ3) is 3.93. The summed E-state index contributed by atoms with van der Waals surface area (Å²) in [6, 6.07) is 1.63. The molecule has 3 rings (SSSR count). The maximum atomic E-state index is 12.5. The molecule has 0 atom stereocenters. The molecule has 0 aromatic carbocycles. The molecule has 0 spiro atoms. The highest BCUT2D eigenvalue weighted by Crippen LogP contribution is 2.33. The second-order valence-corrected chi connectivity index (χ2v) is 7.54. The zero-order chi connectivity index (χ0) is 18.0. The zero-order valence-corrected chi connectivity index (χ0v) is 15.4. The van der Waals surface area contributed by atoms with Gasteiger partial charge in [0, 0.05) is 17.6 Å². The summed E-state index contributed by atoms with van der Waals surface area (Å²) in [5.74, 6) is -0.203. The second kappa shape index (κ2) is 6.76. The van der Waals surface area contributed by atoms with Crippen LogP contribution in [0.2, 0.25) is 0 Å². The number of carbonyl (C=O) groups excluding carboxylic acids is 1. The van der Waals surface area contributed by atoms with Gasteiger partial charge < -0.3 is 11.1 Å². The van der Waals surface area contributed by atoms with Crippen molar-refractivity contribution in [2.45, 2.75) is 27.2 Å². The Bertz CT molecular complexity index is 866. The van der Waals surface area contributed by atoms with Gasteiger partial charge in [-0.3, -0.25) is 4.79 Å². The number of aryl methyl sites for hydroxylation is 1. The van der Waals surface area contributed by atoms with E-state index in [0.717, 1.165) is 17.1 Å². The van der Waals surface area contributed by atoms with Gasteiger partial charge in [0.1, 0.15) is 16.4 Å². The normalized spacial score (nSPS) is 15.7. The van der Waals surface area contributed by atoms with Crippen LogP contribution in [-0.4, -0.2) is 27.4 Å². The van der Waals surface area contributed by atoms with E-state index in [1.807, 2.05) is 18.4 Å². The van der Waals surface area contributed by atoms with Crippen LogP contribution in [0.1, 0.15) is 36.5 Å². The second-order valence-electron chi connectivity index (χ2n) is 6.68. The van der Waals surface area contributed by atoms with Crippen LogP contribution in [0.25, 0.3) is 10.7 Å². The summed E-state index contributed by atoms with van der Waals surface area (Å²) < 4.78 is 0. The average molecular weight is 355 g/mol. The summed E-state index contributed by atoms with van der Waals surface area (Å²) in [6.45, 7) is 6.72. The van der Waals surface area contributed by atoms with Gasteiger partial charge in [-0.1, -0.05) is 32.1 Å². The van der Waals surface area contributed by atoms with Crippen molar-refractivity contribution in [2.24, 2.45) is 5.41 Å². The molecule has 1 aliphatic rings. The topological polar surface area (TPSA) is 93.8 Å².